The van der Waals surface area contributed by atoms with Gasteiger partial charge < -0.3 is 4.79 Å². The molecule has 104 valence electrons. The Hall–Kier alpha value is -1.44. The summed E-state index contributed by atoms with van der Waals surface area (Å²) in [6, 6.07) is 8.52. The SMILES string of the molecule is CC(=O)CC(CC[C@H](C)c1ccc(C)cc1)C(C)=O. The molecule has 0 aliphatic rings. The van der Waals surface area contributed by atoms with Crippen LogP contribution in [0.5, 0.6) is 0 Å². The molecule has 2 heteroatoms. The van der Waals surface area contributed by atoms with Gasteiger partial charge in [-0.3, -0.25) is 4.79 Å². The van der Waals surface area contributed by atoms with Gasteiger partial charge in [0.2, 0.25) is 0 Å². The molecule has 1 rings (SSSR count). The lowest BCUT2D eigenvalue weighted by atomic mass is 9.87. The van der Waals surface area contributed by atoms with E-state index in [0.717, 1.165) is 12.8 Å². The van der Waals surface area contributed by atoms with Crippen molar-refractivity contribution in [3.8, 4) is 0 Å². The van der Waals surface area contributed by atoms with Crippen LogP contribution in [0, 0.1) is 12.8 Å². The molecule has 1 unspecified atom stereocenters. The minimum absolute atomic E-state index is 0.100. The minimum Gasteiger partial charge on any atom is -0.300 e. The van der Waals surface area contributed by atoms with Gasteiger partial charge in [0, 0.05) is 12.3 Å². The number of Topliss-reactive ketones (excluding diaryl/α,β-unsaturated/α-hetero) is 2. The molecule has 0 spiro atoms. The second-order valence-corrected chi connectivity index (χ2v) is 5.60. The molecule has 0 aliphatic carbocycles. The number of aryl methyl sites for hydroxylation is 1. The van der Waals surface area contributed by atoms with Gasteiger partial charge >= 0.3 is 0 Å². The average molecular weight is 260 g/mol. The maximum Gasteiger partial charge on any atom is 0.133 e. The molecule has 0 bridgehead atoms. The van der Waals surface area contributed by atoms with Gasteiger partial charge in [-0.15, -0.1) is 0 Å². The third-order valence-electron chi connectivity index (χ3n) is 3.70. The third kappa shape index (κ3) is 5.37. The standard InChI is InChI=1S/C17H24O2/c1-12-5-8-16(9-6-12)13(2)7-10-17(15(4)19)11-14(3)18/h5-6,8-9,13,17H,7,10-11H2,1-4H3/t13-,17?/m0/s1. The fourth-order valence-corrected chi connectivity index (χ4v) is 2.31. The van der Waals surface area contributed by atoms with E-state index in [9.17, 15) is 9.59 Å². The highest BCUT2D eigenvalue weighted by Gasteiger charge is 2.17. The van der Waals surface area contributed by atoms with Gasteiger partial charge in [0.1, 0.15) is 11.6 Å². The zero-order valence-electron chi connectivity index (χ0n) is 12.4. The molecule has 0 aromatic heterocycles. The molecule has 1 aromatic carbocycles. The van der Waals surface area contributed by atoms with E-state index in [1.54, 1.807) is 13.8 Å². The quantitative estimate of drug-likeness (QED) is 0.740. The van der Waals surface area contributed by atoms with Crippen molar-refractivity contribution in [1.82, 2.24) is 0 Å². The third-order valence-corrected chi connectivity index (χ3v) is 3.70. The Balaban J connectivity index is 2.56. The monoisotopic (exact) mass is 260 g/mol. The molecular formula is C17H24O2. The number of carbonyl (C=O) groups excluding carboxylic acids is 2. The highest BCUT2D eigenvalue weighted by Crippen LogP contribution is 2.25. The van der Waals surface area contributed by atoms with Crippen molar-refractivity contribution in [3.63, 3.8) is 0 Å². The van der Waals surface area contributed by atoms with Crippen molar-refractivity contribution < 1.29 is 9.59 Å². The Bertz CT molecular complexity index is 431. The molecule has 0 aliphatic heterocycles. The largest absolute Gasteiger partial charge is 0.300 e. The first-order valence-corrected chi connectivity index (χ1v) is 6.96. The van der Waals surface area contributed by atoms with Gasteiger partial charge in [-0.1, -0.05) is 36.8 Å². The Morgan fingerprint density at radius 3 is 2.11 bits per heavy atom. The number of hydrogen-bond acceptors (Lipinski definition) is 2. The molecule has 0 heterocycles. The van der Waals surface area contributed by atoms with Crippen LogP contribution in [-0.4, -0.2) is 11.6 Å². The van der Waals surface area contributed by atoms with Crippen LogP contribution in [0.3, 0.4) is 0 Å². The smallest absolute Gasteiger partial charge is 0.133 e. The topological polar surface area (TPSA) is 34.1 Å². The summed E-state index contributed by atoms with van der Waals surface area (Å²) in [7, 11) is 0. The summed E-state index contributed by atoms with van der Waals surface area (Å²) in [6.45, 7) is 7.40. The number of hydrogen-bond donors (Lipinski definition) is 0. The van der Waals surface area contributed by atoms with Crippen LogP contribution >= 0.6 is 0 Å². The summed E-state index contributed by atoms with van der Waals surface area (Å²) in [6.07, 6.45) is 2.13. The van der Waals surface area contributed by atoms with Crippen molar-refractivity contribution >= 4 is 11.6 Å². The maximum absolute atomic E-state index is 11.5. The number of carbonyl (C=O) groups is 2. The van der Waals surface area contributed by atoms with Crippen LogP contribution in [0.1, 0.15) is 57.1 Å². The van der Waals surface area contributed by atoms with E-state index in [0.29, 0.717) is 12.3 Å². The summed E-state index contributed by atoms with van der Waals surface area (Å²) in [5.41, 5.74) is 2.56. The molecule has 0 radical (unpaired) electrons. The summed E-state index contributed by atoms with van der Waals surface area (Å²) >= 11 is 0. The lowest BCUT2D eigenvalue weighted by molar-refractivity contribution is -0.126. The van der Waals surface area contributed by atoms with Gasteiger partial charge in [-0.2, -0.15) is 0 Å². The van der Waals surface area contributed by atoms with Crippen LogP contribution < -0.4 is 0 Å². The molecule has 0 amide bonds. The van der Waals surface area contributed by atoms with Crippen molar-refractivity contribution in [2.45, 2.75) is 52.9 Å². The molecular weight excluding hydrogens is 236 g/mol. The second kappa shape index (κ2) is 7.22. The molecule has 0 saturated heterocycles. The predicted molar refractivity (Wildman–Crippen MR) is 78.3 cm³/mol. The molecule has 0 fully saturated rings. The van der Waals surface area contributed by atoms with E-state index < -0.39 is 0 Å². The fraction of sp³-hybridized carbons (Fsp3) is 0.529. The van der Waals surface area contributed by atoms with E-state index in [4.69, 9.17) is 0 Å². The van der Waals surface area contributed by atoms with Gasteiger partial charge in [0.25, 0.3) is 0 Å². The normalized spacial score (nSPS) is 13.9. The molecule has 19 heavy (non-hydrogen) atoms. The van der Waals surface area contributed by atoms with Gasteiger partial charge in [0.15, 0.2) is 0 Å². The Labute approximate surface area is 116 Å². The first-order chi connectivity index (χ1) is 8.90. The van der Waals surface area contributed by atoms with E-state index >= 15 is 0 Å². The molecule has 0 N–H and O–H groups in total. The summed E-state index contributed by atoms with van der Waals surface area (Å²) in [5.74, 6) is 0.550. The number of ketones is 2. The summed E-state index contributed by atoms with van der Waals surface area (Å²) in [5, 5.41) is 0. The van der Waals surface area contributed by atoms with Crippen LogP contribution in [0.2, 0.25) is 0 Å². The van der Waals surface area contributed by atoms with Crippen molar-refractivity contribution in [3.05, 3.63) is 35.4 Å². The average Bonchev–Trinajstić information content (AvgIpc) is 2.34. The Kier molecular flexibility index (Phi) is 5.94. The first kappa shape index (κ1) is 15.6. The van der Waals surface area contributed by atoms with Gasteiger partial charge in [-0.25, -0.2) is 0 Å². The number of rotatable bonds is 7. The first-order valence-electron chi connectivity index (χ1n) is 6.96. The second-order valence-electron chi connectivity index (χ2n) is 5.60. The van der Waals surface area contributed by atoms with Gasteiger partial charge in [0.05, 0.1) is 0 Å². The van der Waals surface area contributed by atoms with E-state index in [-0.39, 0.29) is 17.5 Å². The fourth-order valence-electron chi connectivity index (χ4n) is 2.31. The lowest BCUT2D eigenvalue weighted by Gasteiger charge is -2.16. The highest BCUT2D eigenvalue weighted by molar-refractivity contribution is 5.85. The van der Waals surface area contributed by atoms with Crippen molar-refractivity contribution in [1.29, 1.82) is 0 Å². The van der Waals surface area contributed by atoms with Crippen LogP contribution in [0.15, 0.2) is 24.3 Å². The van der Waals surface area contributed by atoms with Crippen LogP contribution in [0.25, 0.3) is 0 Å². The zero-order valence-corrected chi connectivity index (χ0v) is 12.4. The predicted octanol–water partition coefficient (Wildman–Crippen LogP) is 4.06. The molecule has 2 nitrogen and oxygen atoms in total. The number of benzene rings is 1. The molecule has 2 atom stereocenters. The van der Waals surface area contributed by atoms with E-state index in [2.05, 4.69) is 38.1 Å². The van der Waals surface area contributed by atoms with Gasteiger partial charge in [-0.05, 0) is 45.1 Å². The molecule has 1 aromatic rings. The molecule has 0 saturated carbocycles. The minimum atomic E-state index is -0.106. The van der Waals surface area contributed by atoms with E-state index in [1.807, 2.05) is 0 Å². The van der Waals surface area contributed by atoms with E-state index in [1.165, 1.54) is 11.1 Å². The van der Waals surface area contributed by atoms with Crippen molar-refractivity contribution in [2.75, 3.05) is 0 Å². The summed E-state index contributed by atoms with van der Waals surface area (Å²) < 4.78 is 0. The zero-order chi connectivity index (χ0) is 14.4. The van der Waals surface area contributed by atoms with Crippen molar-refractivity contribution in [2.24, 2.45) is 5.92 Å². The Morgan fingerprint density at radius 1 is 1.05 bits per heavy atom. The Morgan fingerprint density at radius 2 is 1.63 bits per heavy atom. The van der Waals surface area contributed by atoms with Crippen LogP contribution in [0.4, 0.5) is 0 Å². The van der Waals surface area contributed by atoms with Crippen LogP contribution in [-0.2, 0) is 9.59 Å². The maximum atomic E-state index is 11.5. The lowest BCUT2D eigenvalue weighted by Crippen LogP contribution is -2.15. The summed E-state index contributed by atoms with van der Waals surface area (Å²) in [4.78, 5) is 22.7. The highest BCUT2D eigenvalue weighted by atomic mass is 16.1.